The Morgan fingerprint density at radius 3 is 2.32 bits per heavy atom. The Hall–Kier alpha value is -1.82. The van der Waals surface area contributed by atoms with Crippen molar-refractivity contribution >= 4 is 17.4 Å². The van der Waals surface area contributed by atoms with E-state index in [9.17, 15) is 0 Å². The number of aryl methyl sites for hydroxylation is 2. The van der Waals surface area contributed by atoms with Gasteiger partial charge in [-0.2, -0.15) is 0 Å². The molecule has 2 N–H and O–H groups in total. The molecule has 19 heavy (non-hydrogen) atoms. The summed E-state index contributed by atoms with van der Waals surface area (Å²) in [6.07, 6.45) is 0. The van der Waals surface area contributed by atoms with Crippen LogP contribution >= 0.6 is 11.8 Å². The molecule has 1 aromatic carbocycles. The van der Waals surface area contributed by atoms with Crippen LogP contribution < -0.4 is 15.2 Å². The minimum absolute atomic E-state index is 0.564. The van der Waals surface area contributed by atoms with Gasteiger partial charge in [0.25, 0.3) is 5.22 Å². The molecule has 0 saturated carbocycles. The Morgan fingerprint density at radius 2 is 1.79 bits per heavy atom. The Balaban J connectivity index is 2.34. The van der Waals surface area contributed by atoms with Gasteiger partial charge in [0.05, 0.1) is 19.9 Å². The van der Waals surface area contributed by atoms with Gasteiger partial charge in [-0.1, -0.05) is 0 Å². The molecule has 2 aromatic rings. The van der Waals surface area contributed by atoms with Crippen LogP contribution in [0.2, 0.25) is 0 Å². The van der Waals surface area contributed by atoms with E-state index in [1.807, 2.05) is 19.9 Å². The van der Waals surface area contributed by atoms with Crippen molar-refractivity contribution in [2.24, 2.45) is 0 Å². The number of hydrogen-bond acceptors (Lipinski definition) is 6. The van der Waals surface area contributed by atoms with Crippen molar-refractivity contribution < 1.29 is 13.9 Å². The van der Waals surface area contributed by atoms with E-state index >= 15 is 0 Å². The summed E-state index contributed by atoms with van der Waals surface area (Å²) >= 11 is 1.36. The van der Waals surface area contributed by atoms with Crippen LogP contribution in [-0.2, 0) is 0 Å². The average molecular weight is 280 g/mol. The first-order chi connectivity index (χ1) is 9.05. The molecular formula is C13H16N2O3S. The van der Waals surface area contributed by atoms with E-state index in [-0.39, 0.29) is 0 Å². The molecule has 0 aliphatic heterocycles. The van der Waals surface area contributed by atoms with Gasteiger partial charge in [-0.15, -0.1) is 0 Å². The largest absolute Gasteiger partial charge is 0.493 e. The Kier molecular flexibility index (Phi) is 3.90. The molecule has 0 aliphatic carbocycles. The minimum atomic E-state index is 0.564. The molecule has 0 unspecified atom stereocenters. The number of methoxy groups -OCH3 is 2. The lowest BCUT2D eigenvalue weighted by Gasteiger charge is -2.10. The van der Waals surface area contributed by atoms with Gasteiger partial charge in [-0.3, -0.25) is 0 Å². The SMILES string of the molecule is COc1cc(N)c(Sc2nc(C)c(C)o2)cc1OC. The van der Waals surface area contributed by atoms with Gasteiger partial charge >= 0.3 is 0 Å². The van der Waals surface area contributed by atoms with E-state index in [0.29, 0.717) is 22.4 Å². The van der Waals surface area contributed by atoms with Crippen LogP contribution in [0, 0.1) is 13.8 Å². The first kappa shape index (κ1) is 13.6. The second-order valence-electron chi connectivity index (χ2n) is 3.97. The van der Waals surface area contributed by atoms with Crippen molar-refractivity contribution in [2.75, 3.05) is 20.0 Å². The molecule has 0 radical (unpaired) electrons. The summed E-state index contributed by atoms with van der Waals surface area (Å²) in [4.78, 5) is 5.13. The van der Waals surface area contributed by atoms with Crippen molar-refractivity contribution in [3.8, 4) is 11.5 Å². The highest BCUT2D eigenvalue weighted by atomic mass is 32.2. The van der Waals surface area contributed by atoms with Gasteiger partial charge in [0.2, 0.25) is 0 Å². The lowest BCUT2D eigenvalue weighted by molar-refractivity contribution is 0.354. The number of anilines is 1. The molecule has 0 spiro atoms. The monoisotopic (exact) mass is 280 g/mol. The predicted molar refractivity (Wildman–Crippen MR) is 74.1 cm³/mol. The fourth-order valence-electron chi connectivity index (χ4n) is 1.55. The first-order valence-electron chi connectivity index (χ1n) is 5.68. The minimum Gasteiger partial charge on any atom is -0.493 e. The molecule has 2 rings (SSSR count). The molecule has 0 saturated heterocycles. The second kappa shape index (κ2) is 5.44. The highest BCUT2D eigenvalue weighted by Gasteiger charge is 2.13. The number of aromatic nitrogens is 1. The summed E-state index contributed by atoms with van der Waals surface area (Å²) in [5.41, 5.74) is 7.46. The summed E-state index contributed by atoms with van der Waals surface area (Å²) in [6, 6.07) is 3.54. The van der Waals surface area contributed by atoms with Gasteiger partial charge < -0.3 is 19.6 Å². The summed E-state index contributed by atoms with van der Waals surface area (Å²) < 4.78 is 16.0. The highest BCUT2D eigenvalue weighted by molar-refractivity contribution is 7.99. The van der Waals surface area contributed by atoms with E-state index < -0.39 is 0 Å². The number of nitrogen functional groups attached to an aromatic ring is 1. The van der Waals surface area contributed by atoms with E-state index in [0.717, 1.165) is 16.3 Å². The van der Waals surface area contributed by atoms with Crippen LogP contribution in [0.25, 0.3) is 0 Å². The standard InChI is InChI=1S/C13H16N2O3S/c1-7-8(2)18-13(15-7)19-12-6-11(17-4)10(16-3)5-9(12)14/h5-6H,14H2,1-4H3. The van der Waals surface area contributed by atoms with E-state index in [1.165, 1.54) is 11.8 Å². The molecule has 0 bridgehead atoms. The average Bonchev–Trinajstić information content (AvgIpc) is 2.70. The molecule has 1 heterocycles. The molecule has 0 aliphatic rings. The molecule has 5 nitrogen and oxygen atoms in total. The number of rotatable bonds is 4. The van der Waals surface area contributed by atoms with Gasteiger partial charge in [0.1, 0.15) is 5.76 Å². The van der Waals surface area contributed by atoms with E-state index in [2.05, 4.69) is 4.98 Å². The zero-order valence-electron chi connectivity index (χ0n) is 11.3. The smallest absolute Gasteiger partial charge is 0.261 e. The van der Waals surface area contributed by atoms with E-state index in [4.69, 9.17) is 19.6 Å². The fraction of sp³-hybridized carbons (Fsp3) is 0.308. The summed E-state index contributed by atoms with van der Waals surface area (Å²) in [5.74, 6) is 2.03. The predicted octanol–water partition coefficient (Wildman–Crippen LogP) is 3.04. The molecule has 0 amide bonds. The topological polar surface area (TPSA) is 70.5 Å². The van der Waals surface area contributed by atoms with Crippen LogP contribution in [0.15, 0.2) is 26.7 Å². The van der Waals surface area contributed by atoms with Crippen molar-refractivity contribution in [3.63, 3.8) is 0 Å². The third-order valence-corrected chi connectivity index (χ3v) is 3.64. The number of benzene rings is 1. The van der Waals surface area contributed by atoms with Crippen molar-refractivity contribution in [3.05, 3.63) is 23.6 Å². The lowest BCUT2D eigenvalue weighted by atomic mass is 10.3. The Bertz CT molecular complexity index is 576. The molecule has 0 fully saturated rings. The fourth-order valence-corrected chi connectivity index (χ4v) is 2.43. The summed E-state index contributed by atoms with van der Waals surface area (Å²) in [5, 5.41) is 0.564. The van der Waals surface area contributed by atoms with Crippen LogP contribution in [0.3, 0.4) is 0 Å². The van der Waals surface area contributed by atoms with Crippen LogP contribution in [0.5, 0.6) is 11.5 Å². The Labute approximate surface area is 116 Å². The van der Waals surface area contributed by atoms with Crippen LogP contribution in [0.1, 0.15) is 11.5 Å². The zero-order chi connectivity index (χ0) is 14.0. The highest BCUT2D eigenvalue weighted by Crippen LogP contribution is 2.39. The maximum atomic E-state index is 5.99. The maximum absolute atomic E-state index is 5.99. The molecule has 0 atom stereocenters. The lowest BCUT2D eigenvalue weighted by Crippen LogP contribution is -1.95. The number of oxazole rings is 1. The molecule has 1 aromatic heterocycles. The van der Waals surface area contributed by atoms with Gasteiger partial charge in [0.15, 0.2) is 11.5 Å². The third-order valence-electron chi connectivity index (χ3n) is 2.72. The maximum Gasteiger partial charge on any atom is 0.261 e. The van der Waals surface area contributed by atoms with Crippen LogP contribution in [0.4, 0.5) is 5.69 Å². The molecule has 6 heteroatoms. The zero-order valence-corrected chi connectivity index (χ0v) is 12.1. The van der Waals surface area contributed by atoms with Crippen molar-refractivity contribution in [1.82, 2.24) is 4.98 Å². The third kappa shape index (κ3) is 2.78. The molecular weight excluding hydrogens is 264 g/mol. The molecule has 102 valence electrons. The van der Waals surface area contributed by atoms with Gasteiger partial charge in [-0.25, -0.2) is 4.98 Å². The first-order valence-corrected chi connectivity index (χ1v) is 6.50. The summed E-state index contributed by atoms with van der Waals surface area (Å²) in [6.45, 7) is 3.78. The Morgan fingerprint density at radius 1 is 1.16 bits per heavy atom. The number of nitrogens with zero attached hydrogens (tertiary/aromatic N) is 1. The normalized spacial score (nSPS) is 10.5. The quantitative estimate of drug-likeness (QED) is 0.868. The number of ether oxygens (including phenoxy) is 2. The van der Waals surface area contributed by atoms with Crippen LogP contribution in [-0.4, -0.2) is 19.2 Å². The van der Waals surface area contributed by atoms with E-state index in [1.54, 1.807) is 20.3 Å². The van der Waals surface area contributed by atoms with Gasteiger partial charge in [-0.05, 0) is 25.6 Å². The van der Waals surface area contributed by atoms with Gasteiger partial charge in [0, 0.05) is 22.7 Å². The summed E-state index contributed by atoms with van der Waals surface area (Å²) in [7, 11) is 3.16. The number of nitrogens with two attached hydrogens (primary N) is 1. The van der Waals surface area contributed by atoms with Crippen molar-refractivity contribution in [1.29, 1.82) is 0 Å². The van der Waals surface area contributed by atoms with Crippen molar-refractivity contribution in [2.45, 2.75) is 24.0 Å². The number of hydrogen-bond donors (Lipinski definition) is 1. The second-order valence-corrected chi connectivity index (χ2v) is 4.96.